The van der Waals surface area contributed by atoms with Gasteiger partial charge in [0.15, 0.2) is 0 Å². The Labute approximate surface area is 171 Å². The van der Waals surface area contributed by atoms with Crippen molar-refractivity contribution in [2.45, 2.75) is 13.5 Å². The summed E-state index contributed by atoms with van der Waals surface area (Å²) in [5.74, 6) is 1.49. The van der Waals surface area contributed by atoms with Crippen molar-refractivity contribution in [2.75, 3.05) is 6.61 Å². The second-order valence-corrected chi connectivity index (χ2v) is 6.63. The highest BCUT2D eigenvalue weighted by molar-refractivity contribution is 6.30. The molecule has 29 heavy (non-hydrogen) atoms. The van der Waals surface area contributed by atoms with E-state index < -0.39 is 0 Å². The van der Waals surface area contributed by atoms with Crippen LogP contribution in [-0.2, 0) is 6.54 Å². The van der Waals surface area contributed by atoms with Gasteiger partial charge in [0.2, 0.25) is 11.7 Å². The van der Waals surface area contributed by atoms with Gasteiger partial charge in [0.05, 0.1) is 12.3 Å². The SMILES string of the molecule is CCOc1ccc(-c2ccc(=O)n(Cc3nc(-c4ccc(Cl)cc4)no3)n2)cc1. The summed E-state index contributed by atoms with van der Waals surface area (Å²) in [4.78, 5) is 16.6. The van der Waals surface area contributed by atoms with E-state index in [-0.39, 0.29) is 18.0 Å². The van der Waals surface area contributed by atoms with Crippen molar-refractivity contribution < 1.29 is 9.26 Å². The summed E-state index contributed by atoms with van der Waals surface area (Å²) in [5.41, 5.74) is 2.04. The molecule has 2 aromatic heterocycles. The van der Waals surface area contributed by atoms with E-state index in [1.165, 1.54) is 10.7 Å². The monoisotopic (exact) mass is 408 g/mol. The topological polar surface area (TPSA) is 83.0 Å². The number of hydrogen-bond donors (Lipinski definition) is 0. The fourth-order valence-electron chi connectivity index (χ4n) is 2.77. The van der Waals surface area contributed by atoms with Gasteiger partial charge in [-0.25, -0.2) is 4.68 Å². The first kappa shape index (κ1) is 18.9. The Morgan fingerprint density at radius 3 is 2.45 bits per heavy atom. The molecule has 0 fully saturated rings. The van der Waals surface area contributed by atoms with Gasteiger partial charge in [-0.15, -0.1) is 0 Å². The first-order chi connectivity index (χ1) is 14.1. The zero-order valence-electron chi connectivity index (χ0n) is 15.6. The summed E-state index contributed by atoms with van der Waals surface area (Å²) in [5, 5.41) is 9.01. The molecular weight excluding hydrogens is 392 g/mol. The van der Waals surface area contributed by atoms with Crippen LogP contribution >= 0.6 is 11.6 Å². The molecule has 0 spiro atoms. The Balaban J connectivity index is 1.57. The maximum atomic E-state index is 12.2. The van der Waals surface area contributed by atoms with E-state index in [0.717, 1.165) is 16.9 Å². The maximum absolute atomic E-state index is 12.2. The molecule has 8 heteroatoms. The van der Waals surface area contributed by atoms with Crippen LogP contribution in [-0.4, -0.2) is 26.5 Å². The van der Waals surface area contributed by atoms with Gasteiger partial charge in [0.1, 0.15) is 12.3 Å². The lowest BCUT2D eigenvalue weighted by molar-refractivity contribution is 0.340. The molecule has 0 amide bonds. The van der Waals surface area contributed by atoms with Crippen LogP contribution in [0.3, 0.4) is 0 Å². The maximum Gasteiger partial charge on any atom is 0.267 e. The first-order valence-electron chi connectivity index (χ1n) is 9.02. The highest BCUT2D eigenvalue weighted by Gasteiger charge is 2.11. The van der Waals surface area contributed by atoms with Crippen molar-refractivity contribution in [3.8, 4) is 28.4 Å². The Morgan fingerprint density at radius 1 is 1.00 bits per heavy atom. The summed E-state index contributed by atoms with van der Waals surface area (Å²) in [6, 6.07) is 17.8. The molecule has 0 unspecified atom stereocenters. The van der Waals surface area contributed by atoms with E-state index in [9.17, 15) is 4.79 Å². The Bertz CT molecular complexity index is 1170. The van der Waals surface area contributed by atoms with Gasteiger partial charge in [0, 0.05) is 22.2 Å². The van der Waals surface area contributed by atoms with E-state index in [1.807, 2.05) is 31.2 Å². The molecule has 0 saturated heterocycles. The van der Waals surface area contributed by atoms with Crippen LogP contribution in [0.25, 0.3) is 22.6 Å². The Morgan fingerprint density at radius 2 is 1.72 bits per heavy atom. The fraction of sp³-hybridized carbons (Fsp3) is 0.143. The normalized spacial score (nSPS) is 10.8. The molecule has 0 radical (unpaired) electrons. The molecule has 0 aliphatic carbocycles. The smallest absolute Gasteiger partial charge is 0.267 e. The van der Waals surface area contributed by atoms with Crippen LogP contribution in [0, 0.1) is 0 Å². The lowest BCUT2D eigenvalue weighted by atomic mass is 10.1. The van der Waals surface area contributed by atoms with Gasteiger partial charge in [-0.3, -0.25) is 4.79 Å². The third-order valence-corrected chi connectivity index (χ3v) is 4.44. The molecule has 0 bridgehead atoms. The quantitative estimate of drug-likeness (QED) is 0.478. The summed E-state index contributed by atoms with van der Waals surface area (Å²) in [7, 11) is 0. The molecule has 0 N–H and O–H groups in total. The summed E-state index contributed by atoms with van der Waals surface area (Å²) in [6.07, 6.45) is 0. The Kier molecular flexibility index (Phi) is 5.39. The summed E-state index contributed by atoms with van der Waals surface area (Å²) >= 11 is 5.90. The molecular formula is C21H17ClN4O3. The highest BCUT2D eigenvalue weighted by atomic mass is 35.5. The van der Waals surface area contributed by atoms with Gasteiger partial charge >= 0.3 is 0 Å². The molecule has 146 valence electrons. The number of nitrogens with zero attached hydrogens (tertiary/aromatic N) is 4. The van der Waals surface area contributed by atoms with Gasteiger partial charge < -0.3 is 9.26 Å². The first-order valence-corrected chi connectivity index (χ1v) is 9.40. The van der Waals surface area contributed by atoms with Crippen molar-refractivity contribution in [2.24, 2.45) is 0 Å². The fourth-order valence-corrected chi connectivity index (χ4v) is 2.89. The van der Waals surface area contributed by atoms with Crippen LogP contribution in [0.15, 0.2) is 70.0 Å². The number of ether oxygens (including phenoxy) is 1. The average molecular weight is 409 g/mol. The molecule has 2 aromatic carbocycles. The highest BCUT2D eigenvalue weighted by Crippen LogP contribution is 2.21. The van der Waals surface area contributed by atoms with Crippen LogP contribution in [0.1, 0.15) is 12.8 Å². The molecule has 0 atom stereocenters. The average Bonchev–Trinajstić information content (AvgIpc) is 3.20. The number of aromatic nitrogens is 4. The summed E-state index contributed by atoms with van der Waals surface area (Å²) < 4.78 is 12.0. The van der Waals surface area contributed by atoms with Crippen molar-refractivity contribution in [1.29, 1.82) is 0 Å². The Hall–Kier alpha value is -3.45. The molecule has 7 nitrogen and oxygen atoms in total. The van der Waals surface area contributed by atoms with Crippen LogP contribution in [0.4, 0.5) is 0 Å². The summed E-state index contributed by atoms with van der Waals surface area (Å²) in [6.45, 7) is 2.61. The van der Waals surface area contributed by atoms with E-state index in [0.29, 0.717) is 23.1 Å². The number of benzene rings is 2. The standard InChI is InChI=1S/C21H17ClN4O3/c1-2-28-17-9-5-14(6-10-17)18-11-12-20(27)26(24-18)13-19-23-21(25-29-19)15-3-7-16(22)8-4-15/h3-12H,2,13H2,1H3. The van der Waals surface area contributed by atoms with E-state index in [4.69, 9.17) is 20.9 Å². The van der Waals surface area contributed by atoms with Crippen LogP contribution in [0.5, 0.6) is 5.75 Å². The third kappa shape index (κ3) is 4.35. The van der Waals surface area contributed by atoms with Crippen molar-refractivity contribution in [3.63, 3.8) is 0 Å². The minimum Gasteiger partial charge on any atom is -0.494 e. The zero-order valence-corrected chi connectivity index (χ0v) is 16.3. The minimum atomic E-state index is -0.258. The van der Waals surface area contributed by atoms with Gasteiger partial charge in [-0.1, -0.05) is 16.8 Å². The molecule has 4 rings (SSSR count). The number of halogens is 1. The third-order valence-electron chi connectivity index (χ3n) is 4.18. The zero-order chi connectivity index (χ0) is 20.2. The van der Waals surface area contributed by atoms with Gasteiger partial charge in [-0.05, 0) is 61.5 Å². The van der Waals surface area contributed by atoms with E-state index >= 15 is 0 Å². The predicted octanol–water partition coefficient (Wildman–Crippen LogP) is 4.06. The number of hydrogen-bond acceptors (Lipinski definition) is 6. The lowest BCUT2D eigenvalue weighted by Crippen LogP contribution is -2.23. The van der Waals surface area contributed by atoms with Crippen molar-refractivity contribution >= 4 is 11.6 Å². The molecule has 0 aliphatic rings. The number of rotatable bonds is 6. The molecule has 0 saturated carbocycles. The van der Waals surface area contributed by atoms with E-state index in [1.54, 1.807) is 30.3 Å². The van der Waals surface area contributed by atoms with Crippen molar-refractivity contribution in [3.05, 3.63) is 81.9 Å². The van der Waals surface area contributed by atoms with Crippen molar-refractivity contribution in [1.82, 2.24) is 19.9 Å². The van der Waals surface area contributed by atoms with Crippen LogP contribution in [0.2, 0.25) is 5.02 Å². The largest absolute Gasteiger partial charge is 0.494 e. The molecule has 0 aliphatic heterocycles. The van der Waals surface area contributed by atoms with Gasteiger partial charge in [-0.2, -0.15) is 10.1 Å². The molecule has 2 heterocycles. The lowest BCUT2D eigenvalue weighted by Gasteiger charge is -2.07. The van der Waals surface area contributed by atoms with Crippen LogP contribution < -0.4 is 10.3 Å². The van der Waals surface area contributed by atoms with Gasteiger partial charge in [0.25, 0.3) is 5.56 Å². The second-order valence-electron chi connectivity index (χ2n) is 6.19. The predicted molar refractivity (Wildman–Crippen MR) is 109 cm³/mol. The second kappa shape index (κ2) is 8.28. The van der Waals surface area contributed by atoms with E-state index in [2.05, 4.69) is 15.2 Å². The minimum absolute atomic E-state index is 0.0737. The molecule has 4 aromatic rings.